The molecule has 4 rings (SSSR count). The van der Waals surface area contributed by atoms with E-state index >= 15 is 0 Å². The van der Waals surface area contributed by atoms with E-state index in [4.69, 9.17) is 9.47 Å². The van der Waals surface area contributed by atoms with Crippen LogP contribution < -0.4 is 0 Å². The molecule has 0 radical (unpaired) electrons. The normalized spacial score (nSPS) is 48.6. The first kappa shape index (κ1) is 28.0. The summed E-state index contributed by atoms with van der Waals surface area (Å²) in [5.74, 6) is 0.852. The fraction of sp³-hybridized carbons (Fsp3) is 0.938. The molecular formula is C32H54O4. The molecule has 36 heavy (non-hydrogen) atoms. The van der Waals surface area contributed by atoms with Gasteiger partial charge in [-0.2, -0.15) is 0 Å². The van der Waals surface area contributed by atoms with Gasteiger partial charge in [-0.25, -0.2) is 0 Å². The third kappa shape index (κ3) is 3.81. The molecule has 0 bridgehead atoms. The van der Waals surface area contributed by atoms with Crippen molar-refractivity contribution in [1.82, 2.24) is 0 Å². The predicted octanol–water partition coefficient (Wildman–Crippen LogP) is 7.83. The molecule has 4 aliphatic carbocycles. The minimum atomic E-state index is -0.285. The maximum atomic E-state index is 12.8. The zero-order chi connectivity index (χ0) is 26.9. The third-order valence-corrected chi connectivity index (χ3v) is 13.7. The number of carbonyl (C=O) groups is 2. The fourth-order valence-electron chi connectivity index (χ4n) is 10.8. The van der Waals surface area contributed by atoms with E-state index in [9.17, 15) is 9.59 Å². The molecule has 4 fully saturated rings. The molecule has 0 aromatic rings. The van der Waals surface area contributed by atoms with E-state index in [1.165, 1.54) is 52.7 Å². The maximum absolute atomic E-state index is 12.8. The molecule has 0 heterocycles. The van der Waals surface area contributed by atoms with Crippen molar-refractivity contribution in [1.29, 1.82) is 0 Å². The standard InChI is InChI=1S/C32H54O4/c1-21(26(34)36-10)29(5)12-11-22-30(6,23(29)19-25(33)35-9)16-18-32(8)24-20-27(2,3)13-14-28(24,4)15-17-31(22,32)7/h21-24H,11-20H2,1-10H3. The van der Waals surface area contributed by atoms with Crippen LogP contribution in [0.25, 0.3) is 0 Å². The molecule has 0 aromatic carbocycles. The Morgan fingerprint density at radius 3 is 1.97 bits per heavy atom. The average molecular weight is 503 g/mol. The summed E-state index contributed by atoms with van der Waals surface area (Å²) in [6.07, 6.45) is 11.5. The number of rotatable bonds is 4. The lowest BCUT2D eigenvalue weighted by Gasteiger charge is -2.74. The van der Waals surface area contributed by atoms with E-state index in [1.54, 1.807) is 0 Å². The Morgan fingerprint density at radius 1 is 0.778 bits per heavy atom. The van der Waals surface area contributed by atoms with Gasteiger partial charge >= 0.3 is 11.9 Å². The smallest absolute Gasteiger partial charge is 0.308 e. The van der Waals surface area contributed by atoms with Gasteiger partial charge in [-0.05, 0) is 108 Å². The second-order valence-electron chi connectivity index (χ2n) is 15.6. The van der Waals surface area contributed by atoms with Gasteiger partial charge in [-0.3, -0.25) is 9.59 Å². The summed E-state index contributed by atoms with van der Waals surface area (Å²) < 4.78 is 10.5. The summed E-state index contributed by atoms with van der Waals surface area (Å²) >= 11 is 0. The molecule has 206 valence electrons. The summed E-state index contributed by atoms with van der Waals surface area (Å²) in [6, 6.07) is 0. The first-order chi connectivity index (χ1) is 16.5. The number of fused-ring (bicyclic) bond motifs is 5. The highest BCUT2D eigenvalue weighted by molar-refractivity contribution is 5.74. The van der Waals surface area contributed by atoms with E-state index in [0.29, 0.717) is 28.6 Å². The SMILES string of the molecule is COC(=O)CC1C(C)(C(C)C(=O)OC)CCC2C1(C)CCC1(C)C3CC(C)(C)CCC3(C)CCC21C. The van der Waals surface area contributed by atoms with Crippen molar-refractivity contribution in [2.45, 2.75) is 120 Å². The van der Waals surface area contributed by atoms with Crippen LogP contribution in [0, 0.1) is 56.2 Å². The number of hydrogen-bond acceptors (Lipinski definition) is 4. The van der Waals surface area contributed by atoms with Crippen LogP contribution in [-0.2, 0) is 19.1 Å². The van der Waals surface area contributed by atoms with Crippen LogP contribution in [0.4, 0.5) is 0 Å². The highest BCUT2D eigenvalue weighted by Crippen LogP contribution is 2.77. The second-order valence-corrected chi connectivity index (χ2v) is 15.6. The van der Waals surface area contributed by atoms with Gasteiger partial charge in [0.25, 0.3) is 0 Å². The van der Waals surface area contributed by atoms with Gasteiger partial charge in [0.2, 0.25) is 0 Å². The number of hydrogen-bond donors (Lipinski definition) is 0. The van der Waals surface area contributed by atoms with Crippen LogP contribution in [0.3, 0.4) is 0 Å². The van der Waals surface area contributed by atoms with Gasteiger partial charge in [-0.15, -0.1) is 0 Å². The van der Waals surface area contributed by atoms with Gasteiger partial charge < -0.3 is 9.47 Å². The zero-order valence-electron chi connectivity index (χ0n) is 25.0. The first-order valence-electron chi connectivity index (χ1n) is 14.7. The Hall–Kier alpha value is -1.06. The Bertz CT molecular complexity index is 895. The molecule has 4 nitrogen and oxygen atoms in total. The topological polar surface area (TPSA) is 52.6 Å². The van der Waals surface area contributed by atoms with E-state index in [1.807, 2.05) is 6.92 Å². The number of carbonyl (C=O) groups excluding carboxylic acids is 2. The van der Waals surface area contributed by atoms with Crippen molar-refractivity contribution in [3.63, 3.8) is 0 Å². The van der Waals surface area contributed by atoms with Crippen LogP contribution in [-0.4, -0.2) is 26.2 Å². The Labute approximate surface area is 221 Å². The van der Waals surface area contributed by atoms with Crippen LogP contribution in [0.1, 0.15) is 120 Å². The van der Waals surface area contributed by atoms with Crippen molar-refractivity contribution < 1.29 is 19.1 Å². The fourth-order valence-corrected chi connectivity index (χ4v) is 10.8. The average Bonchev–Trinajstić information content (AvgIpc) is 2.83. The van der Waals surface area contributed by atoms with E-state index < -0.39 is 0 Å². The van der Waals surface area contributed by atoms with Gasteiger partial charge in [0, 0.05) is 6.42 Å². The summed E-state index contributed by atoms with van der Waals surface area (Å²) in [6.45, 7) is 19.6. The Morgan fingerprint density at radius 2 is 1.36 bits per heavy atom. The van der Waals surface area contributed by atoms with Crippen LogP contribution in [0.15, 0.2) is 0 Å². The molecule has 0 saturated heterocycles. The third-order valence-electron chi connectivity index (χ3n) is 13.7. The molecule has 0 spiro atoms. The molecule has 0 aliphatic heterocycles. The van der Waals surface area contributed by atoms with Crippen molar-refractivity contribution in [3.8, 4) is 0 Å². The van der Waals surface area contributed by atoms with Crippen molar-refractivity contribution in [2.24, 2.45) is 56.2 Å². The lowest BCUT2D eigenvalue weighted by molar-refractivity contribution is -0.255. The van der Waals surface area contributed by atoms with Crippen LogP contribution in [0.2, 0.25) is 0 Å². The summed E-state index contributed by atoms with van der Waals surface area (Å²) in [4.78, 5) is 25.7. The van der Waals surface area contributed by atoms with Crippen LogP contribution >= 0.6 is 0 Å². The molecule has 4 heteroatoms. The molecule has 4 saturated carbocycles. The monoisotopic (exact) mass is 502 g/mol. The molecule has 9 atom stereocenters. The molecule has 4 aliphatic rings. The largest absolute Gasteiger partial charge is 0.469 e. The zero-order valence-corrected chi connectivity index (χ0v) is 25.0. The maximum Gasteiger partial charge on any atom is 0.308 e. The molecule has 0 N–H and O–H groups in total. The van der Waals surface area contributed by atoms with Gasteiger partial charge in [-0.1, -0.05) is 55.4 Å². The van der Waals surface area contributed by atoms with Crippen molar-refractivity contribution >= 4 is 11.9 Å². The summed E-state index contributed by atoms with van der Waals surface area (Å²) in [5.41, 5.74) is 1.12. The Balaban J connectivity index is 1.78. The lowest BCUT2D eigenvalue weighted by atomic mass is 9.30. The minimum Gasteiger partial charge on any atom is -0.469 e. The van der Waals surface area contributed by atoms with Crippen molar-refractivity contribution in [2.75, 3.05) is 14.2 Å². The first-order valence-corrected chi connectivity index (χ1v) is 14.7. The number of ether oxygens (including phenoxy) is 2. The van der Waals surface area contributed by atoms with Gasteiger partial charge in [0.1, 0.15) is 0 Å². The molecule has 0 amide bonds. The van der Waals surface area contributed by atoms with E-state index in [2.05, 4.69) is 48.5 Å². The van der Waals surface area contributed by atoms with E-state index in [-0.39, 0.29) is 40.0 Å². The molecule has 0 aromatic heterocycles. The highest BCUT2D eigenvalue weighted by atomic mass is 16.5. The molecule has 9 unspecified atom stereocenters. The Kier molecular flexibility index (Phi) is 6.78. The summed E-state index contributed by atoms with van der Waals surface area (Å²) in [5, 5.41) is 0. The number of esters is 2. The van der Waals surface area contributed by atoms with Crippen molar-refractivity contribution in [3.05, 3.63) is 0 Å². The second kappa shape index (κ2) is 8.73. The highest BCUT2D eigenvalue weighted by Gasteiger charge is 2.70. The lowest BCUT2D eigenvalue weighted by Crippen LogP contribution is -2.67. The quantitative estimate of drug-likeness (QED) is 0.368. The predicted molar refractivity (Wildman–Crippen MR) is 144 cm³/mol. The number of methoxy groups -OCH3 is 2. The van der Waals surface area contributed by atoms with Crippen LogP contribution in [0.5, 0.6) is 0 Å². The molecular weight excluding hydrogens is 448 g/mol. The summed E-state index contributed by atoms with van der Waals surface area (Å²) in [7, 11) is 2.99. The van der Waals surface area contributed by atoms with E-state index in [0.717, 1.165) is 25.2 Å². The van der Waals surface area contributed by atoms with Gasteiger partial charge in [0.15, 0.2) is 0 Å². The minimum absolute atomic E-state index is 0.00431. The van der Waals surface area contributed by atoms with Gasteiger partial charge in [0.05, 0.1) is 20.1 Å².